The van der Waals surface area contributed by atoms with E-state index in [4.69, 9.17) is 4.74 Å². The third-order valence-corrected chi connectivity index (χ3v) is 5.57. The molecule has 2 aromatic carbocycles. The molecule has 0 atom stereocenters. The molecule has 0 aliphatic heterocycles. The van der Waals surface area contributed by atoms with Gasteiger partial charge in [-0.15, -0.1) is 0 Å². The highest BCUT2D eigenvalue weighted by Gasteiger charge is 2.38. The third-order valence-electron chi connectivity index (χ3n) is 5.57. The number of alkyl halides is 3. The van der Waals surface area contributed by atoms with Crippen LogP contribution in [0.4, 0.5) is 17.6 Å². The van der Waals surface area contributed by atoms with Crippen molar-refractivity contribution < 1.29 is 31.9 Å². The van der Waals surface area contributed by atoms with Gasteiger partial charge in [0.2, 0.25) is 0 Å². The molecule has 4 rings (SSSR count). The van der Waals surface area contributed by atoms with E-state index < -0.39 is 35.0 Å². The number of carbonyl (C=O) groups is 2. The molecule has 5 nitrogen and oxygen atoms in total. The van der Waals surface area contributed by atoms with Gasteiger partial charge in [0, 0.05) is 11.1 Å². The zero-order valence-electron chi connectivity index (χ0n) is 17.7. The molecule has 9 heteroatoms. The number of nitrogens with zero attached hydrogens (tertiary/aromatic N) is 2. The monoisotopic (exact) mass is 460 g/mol. The van der Waals surface area contributed by atoms with Crippen LogP contribution in [0.25, 0.3) is 11.3 Å². The molecule has 0 N–H and O–H groups in total. The van der Waals surface area contributed by atoms with Gasteiger partial charge in [0.1, 0.15) is 5.82 Å². The largest absolute Gasteiger partial charge is 0.462 e. The highest BCUT2D eigenvalue weighted by atomic mass is 19.4. The molecule has 1 aliphatic carbocycles. The van der Waals surface area contributed by atoms with E-state index in [9.17, 15) is 27.2 Å². The van der Waals surface area contributed by atoms with Crippen molar-refractivity contribution in [3.05, 3.63) is 76.2 Å². The SMILES string of the molecule is CCOC(=O)c1ccc(-c2nn(C(=O)c3c(F)cccc3C(F)(F)F)c3c2CCCC3)cc1. The van der Waals surface area contributed by atoms with Gasteiger partial charge in [-0.25, -0.2) is 9.18 Å². The van der Waals surface area contributed by atoms with Crippen LogP contribution in [0.2, 0.25) is 0 Å². The van der Waals surface area contributed by atoms with E-state index in [1.54, 1.807) is 31.2 Å². The maximum absolute atomic E-state index is 14.5. The van der Waals surface area contributed by atoms with Crippen molar-refractivity contribution in [1.29, 1.82) is 0 Å². The van der Waals surface area contributed by atoms with E-state index in [0.29, 0.717) is 41.4 Å². The third kappa shape index (κ3) is 4.27. The first-order chi connectivity index (χ1) is 15.7. The molecule has 0 bridgehead atoms. The Morgan fingerprint density at radius 2 is 1.76 bits per heavy atom. The predicted molar refractivity (Wildman–Crippen MR) is 111 cm³/mol. The average Bonchev–Trinajstić information content (AvgIpc) is 3.18. The zero-order chi connectivity index (χ0) is 23.8. The van der Waals surface area contributed by atoms with Crippen LogP contribution >= 0.6 is 0 Å². The van der Waals surface area contributed by atoms with E-state index in [0.717, 1.165) is 35.2 Å². The van der Waals surface area contributed by atoms with Crippen molar-refractivity contribution in [2.24, 2.45) is 0 Å². The summed E-state index contributed by atoms with van der Waals surface area (Å²) in [6.07, 6.45) is -2.32. The molecule has 3 aromatic rings. The molecule has 0 saturated carbocycles. The molecule has 0 spiro atoms. The minimum absolute atomic E-state index is 0.233. The summed E-state index contributed by atoms with van der Waals surface area (Å²) in [7, 11) is 0. The van der Waals surface area contributed by atoms with Crippen LogP contribution in [0.15, 0.2) is 42.5 Å². The van der Waals surface area contributed by atoms with Crippen molar-refractivity contribution in [3.8, 4) is 11.3 Å². The Hall–Kier alpha value is -3.49. The number of carbonyl (C=O) groups excluding carboxylic acids is 2. The number of ether oxygens (including phenoxy) is 1. The Labute approximate surface area is 187 Å². The molecule has 0 fully saturated rings. The summed E-state index contributed by atoms with van der Waals surface area (Å²) < 4.78 is 60.8. The van der Waals surface area contributed by atoms with Crippen LogP contribution < -0.4 is 0 Å². The lowest BCUT2D eigenvalue weighted by Gasteiger charge is -2.16. The molecule has 0 unspecified atom stereocenters. The number of esters is 1. The van der Waals surface area contributed by atoms with Crippen molar-refractivity contribution in [1.82, 2.24) is 9.78 Å². The number of hydrogen-bond acceptors (Lipinski definition) is 4. The van der Waals surface area contributed by atoms with E-state index in [1.165, 1.54) is 0 Å². The first-order valence-electron chi connectivity index (χ1n) is 10.5. The highest BCUT2D eigenvalue weighted by Crippen LogP contribution is 2.36. The Kier molecular flexibility index (Phi) is 6.05. The van der Waals surface area contributed by atoms with Crippen molar-refractivity contribution in [3.63, 3.8) is 0 Å². The fraction of sp³-hybridized carbons (Fsp3) is 0.292. The van der Waals surface area contributed by atoms with Crippen LogP contribution in [0, 0.1) is 5.82 Å². The van der Waals surface area contributed by atoms with Gasteiger partial charge in [-0.3, -0.25) is 4.79 Å². The summed E-state index contributed by atoms with van der Waals surface area (Å²) in [5, 5.41) is 4.33. The van der Waals surface area contributed by atoms with Crippen LogP contribution in [-0.2, 0) is 23.8 Å². The number of benzene rings is 2. The van der Waals surface area contributed by atoms with Crippen molar-refractivity contribution in [2.75, 3.05) is 6.61 Å². The van der Waals surface area contributed by atoms with Gasteiger partial charge < -0.3 is 4.74 Å². The molecular formula is C24H20F4N2O3. The van der Waals surface area contributed by atoms with Crippen LogP contribution in [0.3, 0.4) is 0 Å². The fourth-order valence-electron chi connectivity index (χ4n) is 4.06. The average molecular weight is 460 g/mol. The first kappa shape index (κ1) is 22.7. The lowest BCUT2D eigenvalue weighted by Crippen LogP contribution is -2.23. The molecule has 0 radical (unpaired) electrons. The van der Waals surface area contributed by atoms with E-state index in [-0.39, 0.29) is 6.61 Å². The Morgan fingerprint density at radius 3 is 2.42 bits per heavy atom. The summed E-state index contributed by atoms with van der Waals surface area (Å²) in [6, 6.07) is 8.83. The van der Waals surface area contributed by atoms with Crippen molar-refractivity contribution >= 4 is 11.9 Å². The second-order valence-electron chi connectivity index (χ2n) is 7.66. The van der Waals surface area contributed by atoms with Crippen molar-refractivity contribution in [2.45, 2.75) is 38.8 Å². The number of fused-ring (bicyclic) bond motifs is 1. The van der Waals surface area contributed by atoms with E-state index in [2.05, 4.69) is 5.10 Å². The maximum atomic E-state index is 14.5. The Morgan fingerprint density at radius 1 is 1.06 bits per heavy atom. The van der Waals surface area contributed by atoms with Gasteiger partial charge in [-0.2, -0.15) is 23.0 Å². The van der Waals surface area contributed by atoms with Gasteiger partial charge >= 0.3 is 12.1 Å². The minimum atomic E-state index is -4.90. The smallest absolute Gasteiger partial charge is 0.417 e. The molecule has 0 amide bonds. The lowest BCUT2D eigenvalue weighted by molar-refractivity contribution is -0.138. The molecule has 0 saturated heterocycles. The molecular weight excluding hydrogens is 440 g/mol. The zero-order valence-corrected chi connectivity index (χ0v) is 17.7. The number of hydrogen-bond donors (Lipinski definition) is 0. The fourth-order valence-corrected chi connectivity index (χ4v) is 4.06. The van der Waals surface area contributed by atoms with Gasteiger partial charge in [-0.05, 0) is 56.9 Å². The summed E-state index contributed by atoms with van der Waals surface area (Å²) in [4.78, 5) is 25.1. The first-order valence-corrected chi connectivity index (χ1v) is 10.5. The van der Waals surface area contributed by atoms with Gasteiger partial charge in [0.15, 0.2) is 0 Å². The second kappa shape index (κ2) is 8.80. The van der Waals surface area contributed by atoms with Gasteiger partial charge in [0.25, 0.3) is 5.91 Å². The Bertz CT molecular complexity index is 1210. The lowest BCUT2D eigenvalue weighted by atomic mass is 9.93. The number of halogens is 4. The van der Waals surface area contributed by atoms with Crippen LogP contribution in [0.5, 0.6) is 0 Å². The normalized spacial score (nSPS) is 13.5. The molecule has 33 heavy (non-hydrogen) atoms. The highest BCUT2D eigenvalue weighted by molar-refractivity contribution is 5.98. The summed E-state index contributed by atoms with van der Waals surface area (Å²) in [5.74, 6) is -2.89. The molecule has 1 heterocycles. The number of aromatic nitrogens is 2. The van der Waals surface area contributed by atoms with Crippen LogP contribution in [0.1, 0.15) is 57.3 Å². The minimum Gasteiger partial charge on any atom is -0.462 e. The standard InChI is InChI=1S/C24H20F4N2O3/c1-2-33-23(32)15-12-10-14(11-13-15)21-16-6-3-4-9-19(16)30(29-21)22(31)20-17(24(26,27)28)7-5-8-18(20)25/h5,7-8,10-13H,2-4,6,9H2,1H3. The maximum Gasteiger partial charge on any atom is 0.417 e. The molecule has 1 aromatic heterocycles. The summed E-state index contributed by atoms with van der Waals surface area (Å²) in [5.41, 5.74) is 0.190. The second-order valence-corrected chi connectivity index (χ2v) is 7.66. The van der Waals surface area contributed by atoms with Crippen LogP contribution in [-0.4, -0.2) is 28.3 Å². The predicted octanol–water partition coefficient (Wildman–Crippen LogP) is 5.45. The molecule has 1 aliphatic rings. The summed E-state index contributed by atoms with van der Waals surface area (Å²) in [6.45, 7) is 1.93. The quantitative estimate of drug-likeness (QED) is 0.384. The topological polar surface area (TPSA) is 61.2 Å². The van der Waals surface area contributed by atoms with E-state index in [1.807, 2.05) is 0 Å². The van der Waals surface area contributed by atoms with Gasteiger partial charge in [-0.1, -0.05) is 18.2 Å². The van der Waals surface area contributed by atoms with E-state index >= 15 is 0 Å². The number of rotatable bonds is 4. The van der Waals surface area contributed by atoms with Gasteiger partial charge in [0.05, 0.1) is 34.7 Å². The Balaban J connectivity index is 1.80. The summed E-state index contributed by atoms with van der Waals surface area (Å²) >= 11 is 0. The molecule has 172 valence electrons.